The number of carbonyl (C=O) groups is 2. The van der Waals surface area contributed by atoms with Gasteiger partial charge in [0.05, 0.1) is 11.3 Å². The summed E-state index contributed by atoms with van der Waals surface area (Å²) in [6, 6.07) is 13.2. The van der Waals surface area contributed by atoms with Crippen LogP contribution in [0.1, 0.15) is 37.0 Å². The fourth-order valence-corrected chi connectivity index (χ4v) is 2.97. The molecule has 0 spiro atoms. The number of nitrogens with one attached hydrogen (secondary N) is 1. The summed E-state index contributed by atoms with van der Waals surface area (Å²) in [5, 5.41) is 14.1. The molecule has 7 heteroatoms. The highest BCUT2D eigenvalue weighted by atomic mass is 16.6. The third-order valence-electron chi connectivity index (χ3n) is 4.72. The quantitative estimate of drug-likeness (QED) is 0.518. The smallest absolute Gasteiger partial charge is 0.273 e. The van der Waals surface area contributed by atoms with E-state index in [1.54, 1.807) is 25.1 Å². The van der Waals surface area contributed by atoms with Gasteiger partial charge in [-0.2, -0.15) is 0 Å². The molecule has 2 aromatic carbocycles. The second-order valence-corrected chi connectivity index (χ2v) is 7.04. The van der Waals surface area contributed by atoms with E-state index in [1.807, 2.05) is 38.1 Å². The van der Waals surface area contributed by atoms with E-state index in [0.29, 0.717) is 12.1 Å². The average molecular weight is 397 g/mol. The van der Waals surface area contributed by atoms with Crippen molar-refractivity contribution >= 4 is 17.5 Å². The molecule has 1 unspecified atom stereocenters. The Kier molecular flexibility index (Phi) is 7.88. The Morgan fingerprint density at radius 3 is 2.41 bits per heavy atom. The predicted octanol–water partition coefficient (Wildman–Crippen LogP) is 3.39. The van der Waals surface area contributed by atoms with Crippen LogP contribution >= 0.6 is 0 Å². The molecule has 7 nitrogen and oxygen atoms in total. The first-order valence-corrected chi connectivity index (χ1v) is 9.68. The first-order valence-electron chi connectivity index (χ1n) is 9.68. The molecule has 154 valence electrons. The van der Waals surface area contributed by atoms with E-state index < -0.39 is 11.0 Å². The molecule has 0 aliphatic heterocycles. The molecule has 2 aromatic rings. The molecule has 0 saturated heterocycles. The minimum absolute atomic E-state index is 0.0979. The summed E-state index contributed by atoms with van der Waals surface area (Å²) in [6.07, 6.45) is 0.648. The van der Waals surface area contributed by atoms with Gasteiger partial charge in [-0.3, -0.25) is 19.7 Å². The number of hydrogen-bond acceptors (Lipinski definition) is 4. The van der Waals surface area contributed by atoms with E-state index in [1.165, 1.54) is 11.0 Å². The number of benzene rings is 2. The maximum Gasteiger partial charge on any atom is 0.273 e. The maximum absolute atomic E-state index is 13.1. The number of nitrogens with zero attached hydrogens (tertiary/aromatic N) is 2. The van der Waals surface area contributed by atoms with Gasteiger partial charge in [0.25, 0.3) is 5.69 Å². The Labute approximate surface area is 170 Å². The van der Waals surface area contributed by atoms with E-state index in [4.69, 9.17) is 0 Å². The van der Waals surface area contributed by atoms with Crippen LogP contribution in [0.15, 0.2) is 48.5 Å². The number of carbonyl (C=O) groups excluding carboxylic acids is 2. The molecule has 0 radical (unpaired) electrons. The summed E-state index contributed by atoms with van der Waals surface area (Å²) < 4.78 is 0. The number of aryl methyl sites for hydroxylation is 1. The number of para-hydroxylation sites is 1. The van der Waals surface area contributed by atoms with Crippen molar-refractivity contribution in [2.24, 2.45) is 0 Å². The summed E-state index contributed by atoms with van der Waals surface area (Å²) >= 11 is 0. The molecule has 1 atom stereocenters. The van der Waals surface area contributed by atoms with E-state index >= 15 is 0 Å². The third-order valence-corrected chi connectivity index (χ3v) is 4.72. The van der Waals surface area contributed by atoms with Gasteiger partial charge >= 0.3 is 0 Å². The minimum Gasteiger partial charge on any atom is -0.354 e. The van der Waals surface area contributed by atoms with Crippen LogP contribution in [0.25, 0.3) is 0 Å². The number of hydrogen-bond donors (Lipinski definition) is 1. The van der Waals surface area contributed by atoms with Crippen LogP contribution in [-0.2, 0) is 22.6 Å². The topological polar surface area (TPSA) is 92.6 Å². The first-order chi connectivity index (χ1) is 13.8. The molecule has 29 heavy (non-hydrogen) atoms. The fraction of sp³-hybridized carbons (Fsp3) is 0.364. The Morgan fingerprint density at radius 2 is 1.79 bits per heavy atom. The Morgan fingerprint density at radius 1 is 1.14 bits per heavy atom. The molecule has 0 bridgehead atoms. The Hall–Kier alpha value is -3.22. The molecular formula is C22H27N3O4. The Balaban J connectivity index is 2.27. The van der Waals surface area contributed by atoms with Crippen molar-refractivity contribution in [3.8, 4) is 0 Å². The van der Waals surface area contributed by atoms with Crippen molar-refractivity contribution < 1.29 is 14.5 Å². The molecule has 0 fully saturated rings. The van der Waals surface area contributed by atoms with Crippen LogP contribution in [0.5, 0.6) is 0 Å². The highest BCUT2D eigenvalue weighted by molar-refractivity contribution is 5.88. The summed E-state index contributed by atoms with van der Waals surface area (Å²) in [6.45, 7) is 6.38. The summed E-state index contributed by atoms with van der Waals surface area (Å²) in [4.78, 5) is 37.9. The zero-order valence-corrected chi connectivity index (χ0v) is 17.1. The monoisotopic (exact) mass is 397 g/mol. The SMILES string of the molecule is CCCNC(=O)C(C)N(Cc1ccc(C)cc1)C(=O)Cc1ccccc1[N+](=O)[O-]. The van der Waals surface area contributed by atoms with E-state index in [2.05, 4.69) is 5.32 Å². The molecule has 0 aliphatic carbocycles. The van der Waals surface area contributed by atoms with Gasteiger partial charge in [0.15, 0.2) is 0 Å². The minimum atomic E-state index is -0.696. The Bertz CT molecular complexity index is 865. The molecule has 0 saturated carbocycles. The fourth-order valence-electron chi connectivity index (χ4n) is 2.97. The van der Waals surface area contributed by atoms with Crippen molar-refractivity contribution in [3.63, 3.8) is 0 Å². The number of amides is 2. The van der Waals surface area contributed by atoms with E-state index in [0.717, 1.165) is 17.5 Å². The van der Waals surface area contributed by atoms with Crippen LogP contribution in [0.4, 0.5) is 5.69 Å². The zero-order chi connectivity index (χ0) is 21.4. The van der Waals surface area contributed by atoms with Crippen LogP contribution < -0.4 is 5.32 Å². The van der Waals surface area contributed by atoms with Crippen molar-refractivity contribution in [2.75, 3.05) is 6.54 Å². The summed E-state index contributed by atoms with van der Waals surface area (Å²) in [5.41, 5.74) is 2.22. The number of nitro groups is 1. The highest BCUT2D eigenvalue weighted by Gasteiger charge is 2.27. The molecule has 0 aliphatic rings. The normalized spacial score (nSPS) is 11.6. The lowest BCUT2D eigenvalue weighted by Gasteiger charge is -2.29. The number of nitro benzene ring substituents is 1. The molecule has 2 amide bonds. The van der Waals surface area contributed by atoms with Gasteiger partial charge in [0, 0.05) is 24.7 Å². The molecule has 2 rings (SSSR count). The molecule has 0 heterocycles. The summed E-state index contributed by atoms with van der Waals surface area (Å²) in [5.74, 6) is -0.575. The maximum atomic E-state index is 13.1. The zero-order valence-electron chi connectivity index (χ0n) is 17.1. The first kappa shape index (κ1) is 22.1. The lowest BCUT2D eigenvalue weighted by molar-refractivity contribution is -0.385. The highest BCUT2D eigenvalue weighted by Crippen LogP contribution is 2.20. The largest absolute Gasteiger partial charge is 0.354 e. The van der Waals surface area contributed by atoms with Gasteiger partial charge in [-0.15, -0.1) is 0 Å². The van der Waals surface area contributed by atoms with Gasteiger partial charge in [-0.05, 0) is 25.8 Å². The summed E-state index contributed by atoms with van der Waals surface area (Å²) in [7, 11) is 0. The molecule has 0 aromatic heterocycles. The van der Waals surface area contributed by atoms with Gasteiger partial charge in [-0.25, -0.2) is 0 Å². The average Bonchev–Trinajstić information content (AvgIpc) is 2.71. The third kappa shape index (κ3) is 6.14. The van der Waals surface area contributed by atoms with Crippen LogP contribution in [0, 0.1) is 17.0 Å². The van der Waals surface area contributed by atoms with Gasteiger partial charge in [-0.1, -0.05) is 55.0 Å². The van der Waals surface area contributed by atoms with Gasteiger partial charge in [0.1, 0.15) is 6.04 Å². The van der Waals surface area contributed by atoms with Crippen LogP contribution in [-0.4, -0.2) is 34.2 Å². The van der Waals surface area contributed by atoms with Crippen molar-refractivity contribution in [1.29, 1.82) is 0 Å². The van der Waals surface area contributed by atoms with Gasteiger partial charge in [0.2, 0.25) is 11.8 Å². The second-order valence-electron chi connectivity index (χ2n) is 7.04. The van der Waals surface area contributed by atoms with Crippen molar-refractivity contribution in [2.45, 2.75) is 46.2 Å². The van der Waals surface area contributed by atoms with E-state index in [9.17, 15) is 19.7 Å². The molecule has 1 N–H and O–H groups in total. The van der Waals surface area contributed by atoms with Gasteiger partial charge < -0.3 is 10.2 Å². The lowest BCUT2D eigenvalue weighted by atomic mass is 10.1. The van der Waals surface area contributed by atoms with Crippen LogP contribution in [0.2, 0.25) is 0 Å². The standard InChI is InChI=1S/C22H27N3O4/c1-4-13-23-22(27)17(3)24(15-18-11-9-16(2)10-12-18)21(26)14-19-7-5-6-8-20(19)25(28)29/h5-12,17H,4,13-15H2,1-3H3,(H,23,27). The number of rotatable bonds is 9. The second kappa shape index (κ2) is 10.4. The van der Waals surface area contributed by atoms with Crippen LogP contribution in [0.3, 0.4) is 0 Å². The van der Waals surface area contributed by atoms with Crippen molar-refractivity contribution in [1.82, 2.24) is 10.2 Å². The van der Waals surface area contributed by atoms with E-state index in [-0.39, 0.29) is 30.5 Å². The predicted molar refractivity (Wildman–Crippen MR) is 111 cm³/mol. The van der Waals surface area contributed by atoms with Crippen molar-refractivity contribution in [3.05, 3.63) is 75.3 Å². The lowest BCUT2D eigenvalue weighted by Crippen LogP contribution is -2.48. The molecular weight excluding hydrogens is 370 g/mol.